The van der Waals surface area contributed by atoms with Crippen LogP contribution >= 0.6 is 27.5 Å². The molecule has 18 heavy (non-hydrogen) atoms. The number of rotatable bonds is 2. The van der Waals surface area contributed by atoms with Crippen molar-refractivity contribution in [2.45, 2.75) is 18.9 Å². The third-order valence-corrected chi connectivity index (χ3v) is 4.40. The van der Waals surface area contributed by atoms with Gasteiger partial charge in [-0.15, -0.1) is 0 Å². The molecule has 2 aromatic rings. The smallest absolute Gasteiger partial charge is 0.148 e. The van der Waals surface area contributed by atoms with Gasteiger partial charge >= 0.3 is 0 Å². The van der Waals surface area contributed by atoms with Crippen molar-refractivity contribution in [3.8, 4) is 0 Å². The molecule has 0 fully saturated rings. The number of nitrogens with zero attached hydrogens (tertiary/aromatic N) is 2. The van der Waals surface area contributed by atoms with Crippen LogP contribution < -0.4 is 5.32 Å². The van der Waals surface area contributed by atoms with Crippen LogP contribution in [0.25, 0.3) is 0 Å². The fraction of sp³-hybridized carbons (Fsp3) is 0.231. The molecule has 1 heterocycles. The van der Waals surface area contributed by atoms with Gasteiger partial charge in [0, 0.05) is 6.04 Å². The van der Waals surface area contributed by atoms with E-state index in [0.717, 1.165) is 23.1 Å². The molecule has 1 aromatic carbocycles. The van der Waals surface area contributed by atoms with Crippen molar-refractivity contribution in [3.63, 3.8) is 0 Å². The molecular formula is C13H11BrClN3. The zero-order valence-corrected chi connectivity index (χ0v) is 11.9. The van der Waals surface area contributed by atoms with Crippen LogP contribution in [-0.4, -0.2) is 16.0 Å². The Morgan fingerprint density at radius 2 is 1.83 bits per heavy atom. The Morgan fingerprint density at radius 1 is 1.17 bits per heavy atom. The topological polar surface area (TPSA) is 37.8 Å². The van der Waals surface area contributed by atoms with Gasteiger partial charge in [0.25, 0.3) is 0 Å². The van der Waals surface area contributed by atoms with Crippen LogP contribution in [0, 0.1) is 0 Å². The molecule has 0 bridgehead atoms. The van der Waals surface area contributed by atoms with E-state index in [2.05, 4.69) is 55.5 Å². The molecule has 1 N–H and O–H groups in total. The van der Waals surface area contributed by atoms with Gasteiger partial charge in [0.05, 0.1) is 4.47 Å². The van der Waals surface area contributed by atoms with Gasteiger partial charge < -0.3 is 5.32 Å². The second-order valence-corrected chi connectivity index (χ2v) is 5.50. The lowest BCUT2D eigenvalue weighted by molar-refractivity contribution is 0.767. The van der Waals surface area contributed by atoms with Crippen LogP contribution in [0.5, 0.6) is 0 Å². The van der Waals surface area contributed by atoms with Gasteiger partial charge in [-0.2, -0.15) is 0 Å². The van der Waals surface area contributed by atoms with E-state index in [1.165, 1.54) is 17.5 Å². The molecule has 0 radical (unpaired) electrons. The predicted octanol–water partition coefficient (Wildman–Crippen LogP) is 3.47. The molecule has 92 valence electrons. The summed E-state index contributed by atoms with van der Waals surface area (Å²) in [6.07, 6.45) is 3.51. The number of anilines is 1. The van der Waals surface area contributed by atoms with Gasteiger partial charge in [0.1, 0.15) is 17.3 Å². The zero-order chi connectivity index (χ0) is 12.5. The molecule has 0 aliphatic heterocycles. The number of benzene rings is 1. The van der Waals surface area contributed by atoms with Gasteiger partial charge in [-0.1, -0.05) is 35.9 Å². The lowest BCUT2D eigenvalue weighted by Crippen LogP contribution is -2.20. The number of aromatic nitrogens is 2. The van der Waals surface area contributed by atoms with Crippen molar-refractivity contribution < 1.29 is 0 Å². The number of fused-ring (bicyclic) bond motifs is 1. The molecule has 3 nitrogen and oxygen atoms in total. The monoisotopic (exact) mass is 323 g/mol. The van der Waals surface area contributed by atoms with Crippen molar-refractivity contribution in [1.82, 2.24) is 9.97 Å². The third-order valence-electron chi connectivity index (χ3n) is 3.14. The molecule has 0 saturated carbocycles. The van der Waals surface area contributed by atoms with Crippen molar-refractivity contribution in [1.29, 1.82) is 0 Å². The average molecular weight is 325 g/mol. The third kappa shape index (κ3) is 2.22. The molecule has 3 rings (SSSR count). The van der Waals surface area contributed by atoms with Crippen LogP contribution in [0.4, 0.5) is 5.82 Å². The molecule has 0 atom stereocenters. The maximum absolute atomic E-state index is 5.95. The Morgan fingerprint density at radius 3 is 2.50 bits per heavy atom. The van der Waals surface area contributed by atoms with E-state index in [1.54, 1.807) is 0 Å². The van der Waals surface area contributed by atoms with Crippen molar-refractivity contribution in [3.05, 3.63) is 51.3 Å². The molecule has 0 saturated heterocycles. The second-order valence-electron chi connectivity index (χ2n) is 4.35. The lowest BCUT2D eigenvalue weighted by atomic mass is 10.1. The summed E-state index contributed by atoms with van der Waals surface area (Å²) in [6.45, 7) is 0. The molecule has 0 amide bonds. The largest absolute Gasteiger partial charge is 0.366 e. The van der Waals surface area contributed by atoms with E-state index in [-0.39, 0.29) is 0 Å². The highest BCUT2D eigenvalue weighted by atomic mass is 79.9. The Kier molecular flexibility index (Phi) is 3.22. The van der Waals surface area contributed by atoms with Crippen molar-refractivity contribution in [2.75, 3.05) is 5.32 Å². The first-order valence-corrected chi connectivity index (χ1v) is 6.90. The Hall–Kier alpha value is -1.13. The Labute approximate surface area is 119 Å². The summed E-state index contributed by atoms with van der Waals surface area (Å²) >= 11 is 9.35. The first-order chi connectivity index (χ1) is 8.74. The summed E-state index contributed by atoms with van der Waals surface area (Å²) in [4.78, 5) is 8.13. The summed E-state index contributed by atoms with van der Waals surface area (Å²) in [6, 6.07) is 8.89. The molecule has 1 aliphatic carbocycles. The molecule has 5 heteroatoms. The van der Waals surface area contributed by atoms with Crippen LogP contribution in [0.1, 0.15) is 11.1 Å². The van der Waals surface area contributed by atoms with Crippen molar-refractivity contribution >= 4 is 33.3 Å². The first-order valence-electron chi connectivity index (χ1n) is 5.73. The molecule has 0 unspecified atom stereocenters. The van der Waals surface area contributed by atoms with E-state index in [4.69, 9.17) is 11.6 Å². The molecule has 1 aliphatic rings. The summed E-state index contributed by atoms with van der Waals surface area (Å²) in [5.74, 6) is 0.757. The van der Waals surface area contributed by atoms with Crippen molar-refractivity contribution in [2.24, 2.45) is 0 Å². The van der Waals surface area contributed by atoms with E-state index in [0.29, 0.717) is 11.2 Å². The average Bonchev–Trinajstić information content (AvgIpc) is 2.77. The SMILES string of the molecule is Clc1ncnc(NC2Cc3ccccc3C2)c1Br. The molecule has 1 aromatic heterocycles. The Bertz CT molecular complexity index is 563. The fourth-order valence-electron chi connectivity index (χ4n) is 2.30. The number of hydrogen-bond donors (Lipinski definition) is 1. The summed E-state index contributed by atoms with van der Waals surface area (Å²) in [7, 11) is 0. The van der Waals surface area contributed by atoms with Gasteiger partial charge in [0.15, 0.2) is 0 Å². The van der Waals surface area contributed by atoms with Crippen LogP contribution in [-0.2, 0) is 12.8 Å². The predicted molar refractivity (Wildman–Crippen MR) is 76.0 cm³/mol. The van der Waals surface area contributed by atoms with Gasteiger partial charge in [-0.3, -0.25) is 0 Å². The minimum Gasteiger partial charge on any atom is -0.366 e. The zero-order valence-electron chi connectivity index (χ0n) is 9.53. The summed E-state index contributed by atoms with van der Waals surface area (Å²) in [5, 5.41) is 3.85. The van der Waals surface area contributed by atoms with Crippen LogP contribution in [0.2, 0.25) is 5.15 Å². The normalized spacial score (nSPS) is 14.6. The second kappa shape index (κ2) is 4.86. The van der Waals surface area contributed by atoms with Crippen LogP contribution in [0.15, 0.2) is 35.1 Å². The van der Waals surface area contributed by atoms with Gasteiger partial charge in [-0.05, 0) is 39.9 Å². The maximum Gasteiger partial charge on any atom is 0.148 e. The molecule has 0 spiro atoms. The van der Waals surface area contributed by atoms with Gasteiger partial charge in [0.2, 0.25) is 0 Å². The molecular weight excluding hydrogens is 314 g/mol. The maximum atomic E-state index is 5.95. The van der Waals surface area contributed by atoms with Gasteiger partial charge in [-0.25, -0.2) is 9.97 Å². The number of nitrogens with one attached hydrogen (secondary N) is 1. The van der Waals surface area contributed by atoms with Crippen LogP contribution in [0.3, 0.4) is 0 Å². The van der Waals surface area contributed by atoms with E-state index < -0.39 is 0 Å². The minimum atomic E-state index is 0.365. The lowest BCUT2D eigenvalue weighted by Gasteiger charge is -2.13. The highest BCUT2D eigenvalue weighted by molar-refractivity contribution is 9.10. The standard InChI is InChI=1S/C13H11BrClN3/c14-11-12(15)16-7-17-13(11)18-10-5-8-3-1-2-4-9(8)6-10/h1-4,7,10H,5-6H2,(H,16,17,18). The van der Waals surface area contributed by atoms with E-state index >= 15 is 0 Å². The number of hydrogen-bond acceptors (Lipinski definition) is 3. The van der Waals surface area contributed by atoms with E-state index in [1.807, 2.05) is 0 Å². The quantitative estimate of drug-likeness (QED) is 0.860. The highest BCUT2D eigenvalue weighted by Gasteiger charge is 2.22. The number of halogens is 2. The van der Waals surface area contributed by atoms with E-state index in [9.17, 15) is 0 Å². The summed E-state index contributed by atoms with van der Waals surface area (Å²) < 4.78 is 0.725. The fourth-order valence-corrected chi connectivity index (χ4v) is 2.76. The minimum absolute atomic E-state index is 0.365. The summed E-state index contributed by atoms with van der Waals surface area (Å²) in [5.41, 5.74) is 2.82. The first kappa shape index (κ1) is 11.9. The highest BCUT2D eigenvalue weighted by Crippen LogP contribution is 2.29. The Balaban J connectivity index is 1.78.